The molecule has 1 heterocycles. The molecule has 4 nitrogen and oxygen atoms in total. The van der Waals surface area contributed by atoms with Crippen LogP contribution in [0, 0.1) is 5.92 Å². The molecule has 12 heavy (non-hydrogen) atoms. The second-order valence-electron chi connectivity index (χ2n) is 3.40. The molecule has 0 bridgehead atoms. The Morgan fingerprint density at radius 3 is 2.83 bits per heavy atom. The van der Waals surface area contributed by atoms with Gasteiger partial charge in [0.15, 0.2) is 0 Å². The summed E-state index contributed by atoms with van der Waals surface area (Å²) in [6.45, 7) is 5.35. The van der Waals surface area contributed by atoms with E-state index in [1.165, 1.54) is 6.42 Å². The van der Waals surface area contributed by atoms with Crippen molar-refractivity contribution < 1.29 is 0 Å². The number of nitrogen functional groups attached to an aromatic ring is 1. The van der Waals surface area contributed by atoms with Gasteiger partial charge in [-0.2, -0.15) is 0 Å². The van der Waals surface area contributed by atoms with Crippen molar-refractivity contribution in [1.82, 2.24) is 14.8 Å². The summed E-state index contributed by atoms with van der Waals surface area (Å²) >= 11 is 0. The van der Waals surface area contributed by atoms with Crippen LogP contribution in [0.15, 0.2) is 6.33 Å². The number of aromatic nitrogens is 3. The largest absolute Gasteiger partial charge is 0.367 e. The summed E-state index contributed by atoms with van der Waals surface area (Å²) in [6, 6.07) is 0. The fourth-order valence-corrected chi connectivity index (χ4v) is 1.08. The fraction of sp³-hybridized carbons (Fsp3) is 0.750. The molecule has 0 saturated heterocycles. The highest BCUT2D eigenvalue weighted by atomic mass is 15.3. The topological polar surface area (TPSA) is 56.7 Å². The monoisotopic (exact) mass is 168 g/mol. The number of anilines is 1. The van der Waals surface area contributed by atoms with Gasteiger partial charge in [0.1, 0.15) is 6.33 Å². The molecule has 0 unspecified atom stereocenters. The van der Waals surface area contributed by atoms with E-state index in [4.69, 9.17) is 5.73 Å². The van der Waals surface area contributed by atoms with Crippen LogP contribution in [-0.4, -0.2) is 14.8 Å². The zero-order chi connectivity index (χ0) is 8.97. The minimum atomic E-state index is 0.361. The van der Waals surface area contributed by atoms with Crippen LogP contribution in [0.1, 0.15) is 26.7 Å². The number of aryl methyl sites for hydroxylation is 1. The van der Waals surface area contributed by atoms with E-state index in [1.807, 2.05) is 0 Å². The Morgan fingerprint density at radius 2 is 2.33 bits per heavy atom. The van der Waals surface area contributed by atoms with Crippen molar-refractivity contribution in [2.75, 3.05) is 5.73 Å². The van der Waals surface area contributed by atoms with Crippen molar-refractivity contribution >= 4 is 5.95 Å². The molecule has 0 radical (unpaired) electrons. The quantitative estimate of drug-likeness (QED) is 0.737. The lowest BCUT2D eigenvalue weighted by Crippen LogP contribution is -2.01. The molecule has 0 amide bonds. The lowest BCUT2D eigenvalue weighted by atomic mass is 10.1. The molecule has 2 N–H and O–H groups in total. The number of nitrogens with two attached hydrogens (primary N) is 1. The van der Waals surface area contributed by atoms with Crippen LogP contribution in [0.2, 0.25) is 0 Å². The highest BCUT2D eigenvalue weighted by molar-refractivity contribution is 5.08. The molecule has 1 aromatic heterocycles. The highest BCUT2D eigenvalue weighted by Gasteiger charge is 1.97. The number of hydrogen-bond donors (Lipinski definition) is 1. The third kappa shape index (κ3) is 2.90. The Balaban J connectivity index is 2.24. The maximum atomic E-state index is 5.37. The van der Waals surface area contributed by atoms with Crippen LogP contribution >= 0.6 is 0 Å². The first-order valence-corrected chi connectivity index (χ1v) is 4.33. The standard InChI is InChI=1S/C8H16N4/c1-7(2)4-3-5-12-6-10-8(9)11-12/h6-7H,3-5H2,1-2H3,(H2,9,11). The van der Waals surface area contributed by atoms with Gasteiger partial charge in [0.2, 0.25) is 5.95 Å². The molecule has 68 valence electrons. The van der Waals surface area contributed by atoms with Crippen molar-refractivity contribution in [2.45, 2.75) is 33.2 Å². The van der Waals surface area contributed by atoms with Gasteiger partial charge in [-0.3, -0.25) is 4.68 Å². The van der Waals surface area contributed by atoms with Crippen molar-refractivity contribution in [3.63, 3.8) is 0 Å². The summed E-state index contributed by atoms with van der Waals surface area (Å²) in [7, 11) is 0. The molecular weight excluding hydrogens is 152 g/mol. The lowest BCUT2D eigenvalue weighted by molar-refractivity contribution is 0.490. The second-order valence-corrected chi connectivity index (χ2v) is 3.40. The number of rotatable bonds is 4. The molecule has 0 aliphatic rings. The van der Waals surface area contributed by atoms with Crippen LogP contribution < -0.4 is 5.73 Å². The van der Waals surface area contributed by atoms with Crippen molar-refractivity contribution in [3.8, 4) is 0 Å². The summed E-state index contributed by atoms with van der Waals surface area (Å²) in [5.41, 5.74) is 5.37. The summed E-state index contributed by atoms with van der Waals surface area (Å²) in [6.07, 6.45) is 4.04. The first-order valence-electron chi connectivity index (χ1n) is 4.33. The predicted molar refractivity (Wildman–Crippen MR) is 48.5 cm³/mol. The average molecular weight is 168 g/mol. The molecule has 0 atom stereocenters. The van der Waals surface area contributed by atoms with Gasteiger partial charge in [0, 0.05) is 6.54 Å². The van der Waals surface area contributed by atoms with Gasteiger partial charge in [0.25, 0.3) is 0 Å². The van der Waals surface area contributed by atoms with E-state index in [0.29, 0.717) is 5.95 Å². The molecule has 0 saturated carbocycles. The van der Waals surface area contributed by atoms with Crippen LogP contribution in [0.4, 0.5) is 5.95 Å². The Labute approximate surface area is 72.8 Å². The van der Waals surface area contributed by atoms with Gasteiger partial charge in [-0.1, -0.05) is 13.8 Å². The predicted octanol–water partition coefficient (Wildman–Crippen LogP) is 1.30. The summed E-state index contributed by atoms with van der Waals surface area (Å²) in [5, 5.41) is 3.99. The lowest BCUT2D eigenvalue weighted by Gasteiger charge is -2.03. The third-order valence-electron chi connectivity index (χ3n) is 1.72. The molecule has 0 fully saturated rings. The minimum absolute atomic E-state index is 0.361. The summed E-state index contributed by atoms with van der Waals surface area (Å²) in [4.78, 5) is 3.84. The Kier molecular flexibility index (Phi) is 3.08. The first kappa shape index (κ1) is 9.03. The van der Waals surface area contributed by atoms with E-state index >= 15 is 0 Å². The number of nitrogens with zero attached hydrogens (tertiary/aromatic N) is 3. The maximum absolute atomic E-state index is 5.37. The molecule has 0 aliphatic heterocycles. The molecule has 4 heteroatoms. The normalized spacial score (nSPS) is 10.9. The van der Waals surface area contributed by atoms with E-state index in [9.17, 15) is 0 Å². The van der Waals surface area contributed by atoms with Crippen LogP contribution in [0.25, 0.3) is 0 Å². The SMILES string of the molecule is CC(C)CCCn1cnc(N)n1. The van der Waals surface area contributed by atoms with Crippen LogP contribution in [0.3, 0.4) is 0 Å². The van der Waals surface area contributed by atoms with E-state index < -0.39 is 0 Å². The van der Waals surface area contributed by atoms with Crippen LogP contribution in [0.5, 0.6) is 0 Å². The highest BCUT2D eigenvalue weighted by Crippen LogP contribution is 2.04. The maximum Gasteiger partial charge on any atom is 0.239 e. The van der Waals surface area contributed by atoms with Gasteiger partial charge in [-0.05, 0) is 18.8 Å². The Morgan fingerprint density at radius 1 is 1.58 bits per heavy atom. The molecule has 0 spiro atoms. The molecule has 1 aromatic rings. The number of hydrogen-bond acceptors (Lipinski definition) is 3. The smallest absolute Gasteiger partial charge is 0.239 e. The molecule has 0 aliphatic carbocycles. The van der Waals surface area contributed by atoms with Crippen LogP contribution in [-0.2, 0) is 6.54 Å². The minimum Gasteiger partial charge on any atom is -0.367 e. The third-order valence-corrected chi connectivity index (χ3v) is 1.72. The van der Waals surface area contributed by atoms with Gasteiger partial charge in [-0.25, -0.2) is 4.98 Å². The van der Waals surface area contributed by atoms with Crippen molar-refractivity contribution in [1.29, 1.82) is 0 Å². The van der Waals surface area contributed by atoms with Gasteiger partial charge in [0.05, 0.1) is 0 Å². The summed E-state index contributed by atoms with van der Waals surface area (Å²) < 4.78 is 1.79. The second kappa shape index (κ2) is 4.09. The van der Waals surface area contributed by atoms with Gasteiger partial charge in [-0.15, -0.1) is 5.10 Å². The molecular formula is C8H16N4. The van der Waals surface area contributed by atoms with E-state index in [1.54, 1.807) is 11.0 Å². The van der Waals surface area contributed by atoms with Crippen molar-refractivity contribution in [2.24, 2.45) is 5.92 Å². The zero-order valence-corrected chi connectivity index (χ0v) is 7.70. The first-order chi connectivity index (χ1) is 5.68. The fourth-order valence-electron chi connectivity index (χ4n) is 1.08. The summed E-state index contributed by atoms with van der Waals surface area (Å²) in [5.74, 6) is 1.12. The Hall–Kier alpha value is -1.06. The van der Waals surface area contributed by atoms with E-state index in [2.05, 4.69) is 23.9 Å². The average Bonchev–Trinajstić information content (AvgIpc) is 2.35. The Bertz CT molecular complexity index is 229. The molecule has 0 aromatic carbocycles. The molecule has 1 rings (SSSR count). The van der Waals surface area contributed by atoms with E-state index in [0.717, 1.165) is 18.9 Å². The van der Waals surface area contributed by atoms with Crippen molar-refractivity contribution in [3.05, 3.63) is 6.33 Å². The van der Waals surface area contributed by atoms with Gasteiger partial charge >= 0.3 is 0 Å². The van der Waals surface area contributed by atoms with E-state index in [-0.39, 0.29) is 0 Å². The van der Waals surface area contributed by atoms with Gasteiger partial charge < -0.3 is 5.73 Å². The zero-order valence-electron chi connectivity index (χ0n) is 7.70.